The Labute approximate surface area is 156 Å². The number of nitrogens with zero attached hydrogens (tertiary/aromatic N) is 5. The van der Waals surface area contributed by atoms with Crippen LogP contribution < -0.4 is 5.32 Å². The zero-order chi connectivity index (χ0) is 19.2. The first-order valence-electron chi connectivity index (χ1n) is 8.28. The van der Waals surface area contributed by atoms with Crippen molar-refractivity contribution < 1.29 is 8.42 Å². The van der Waals surface area contributed by atoms with E-state index in [-0.39, 0.29) is 4.90 Å². The number of hydrogen-bond acceptors (Lipinski definition) is 6. The fraction of sp³-hybridized carbons (Fsp3) is 0.167. The monoisotopic (exact) mass is 382 g/mol. The van der Waals surface area contributed by atoms with E-state index in [0.717, 1.165) is 16.9 Å². The van der Waals surface area contributed by atoms with Gasteiger partial charge in [-0.25, -0.2) is 17.7 Å². The number of para-hydroxylation sites is 2. The van der Waals surface area contributed by atoms with Crippen molar-refractivity contribution >= 4 is 38.2 Å². The summed E-state index contributed by atoms with van der Waals surface area (Å²) in [5.41, 5.74) is 3.05. The Morgan fingerprint density at radius 2 is 1.70 bits per heavy atom. The van der Waals surface area contributed by atoms with Crippen LogP contribution in [0.4, 0.5) is 11.5 Å². The van der Waals surface area contributed by atoms with Gasteiger partial charge in [-0.15, -0.1) is 10.2 Å². The lowest BCUT2D eigenvalue weighted by Gasteiger charge is -2.13. The summed E-state index contributed by atoms with van der Waals surface area (Å²) in [6.07, 6.45) is 0. The number of hydrogen-bond donors (Lipinski definition) is 1. The minimum atomic E-state index is -3.46. The van der Waals surface area contributed by atoms with Crippen LogP contribution in [0, 0.1) is 6.92 Å². The molecule has 8 nitrogen and oxygen atoms in total. The predicted molar refractivity (Wildman–Crippen MR) is 104 cm³/mol. The van der Waals surface area contributed by atoms with Crippen molar-refractivity contribution in [2.45, 2.75) is 11.8 Å². The van der Waals surface area contributed by atoms with Crippen molar-refractivity contribution in [1.29, 1.82) is 0 Å². The van der Waals surface area contributed by atoms with E-state index in [1.165, 1.54) is 18.4 Å². The molecule has 9 heteroatoms. The van der Waals surface area contributed by atoms with E-state index in [1.54, 1.807) is 24.3 Å². The largest absolute Gasteiger partial charge is 0.337 e. The Balaban J connectivity index is 1.77. The van der Waals surface area contributed by atoms with Gasteiger partial charge in [0.2, 0.25) is 15.7 Å². The number of aryl methyl sites for hydroxylation is 1. The zero-order valence-corrected chi connectivity index (χ0v) is 15.9. The van der Waals surface area contributed by atoms with Gasteiger partial charge in [0, 0.05) is 19.8 Å². The van der Waals surface area contributed by atoms with Gasteiger partial charge in [-0.1, -0.05) is 12.1 Å². The summed E-state index contributed by atoms with van der Waals surface area (Å²) >= 11 is 0. The summed E-state index contributed by atoms with van der Waals surface area (Å²) in [6.45, 7) is 1.89. The molecule has 2 aromatic carbocycles. The first kappa shape index (κ1) is 17.4. The highest BCUT2D eigenvalue weighted by Gasteiger charge is 2.17. The molecule has 2 aromatic heterocycles. The first-order valence-corrected chi connectivity index (χ1v) is 9.72. The Bertz CT molecular complexity index is 1250. The quantitative estimate of drug-likeness (QED) is 0.583. The third-order valence-electron chi connectivity index (χ3n) is 4.29. The van der Waals surface area contributed by atoms with Gasteiger partial charge in [-0.2, -0.15) is 0 Å². The van der Waals surface area contributed by atoms with Gasteiger partial charge in [0.1, 0.15) is 5.82 Å². The average molecular weight is 382 g/mol. The van der Waals surface area contributed by atoms with E-state index in [2.05, 4.69) is 20.5 Å². The number of anilines is 2. The lowest BCUT2D eigenvalue weighted by molar-refractivity contribution is 0.521. The van der Waals surface area contributed by atoms with Crippen molar-refractivity contribution in [3.63, 3.8) is 0 Å². The normalized spacial score (nSPS) is 12.1. The molecule has 0 amide bonds. The molecule has 4 aromatic rings. The van der Waals surface area contributed by atoms with Crippen LogP contribution in [0.1, 0.15) is 5.82 Å². The van der Waals surface area contributed by atoms with Crippen LogP contribution in [0.25, 0.3) is 16.7 Å². The van der Waals surface area contributed by atoms with Crippen molar-refractivity contribution in [1.82, 2.24) is 23.9 Å². The number of fused-ring (bicyclic) bond motifs is 3. The Kier molecular flexibility index (Phi) is 4.05. The van der Waals surface area contributed by atoms with Gasteiger partial charge in [0.25, 0.3) is 0 Å². The first-order chi connectivity index (χ1) is 12.9. The van der Waals surface area contributed by atoms with Crippen molar-refractivity contribution in [2.24, 2.45) is 0 Å². The van der Waals surface area contributed by atoms with Crippen LogP contribution in [0.2, 0.25) is 0 Å². The molecule has 0 unspecified atom stereocenters. The number of sulfonamides is 1. The van der Waals surface area contributed by atoms with Crippen LogP contribution in [0.15, 0.2) is 53.4 Å². The van der Waals surface area contributed by atoms with E-state index in [9.17, 15) is 8.42 Å². The van der Waals surface area contributed by atoms with Crippen molar-refractivity contribution in [3.8, 4) is 0 Å². The second kappa shape index (κ2) is 6.29. The molecule has 0 aliphatic rings. The van der Waals surface area contributed by atoms with Crippen LogP contribution in [0.3, 0.4) is 0 Å². The van der Waals surface area contributed by atoms with Gasteiger partial charge < -0.3 is 5.32 Å². The van der Waals surface area contributed by atoms with Gasteiger partial charge in [-0.3, -0.25) is 4.40 Å². The standard InChI is InChI=1S/C18H18N6O2S/c1-12-21-22-18-17(20-15-6-4-5-7-16(15)24(12)18)19-13-8-10-14(11-9-13)27(25,26)23(2)3/h4-11H,1-3H3,(H,19,20). The van der Waals surface area contributed by atoms with E-state index in [0.29, 0.717) is 17.2 Å². The molecule has 0 radical (unpaired) electrons. The van der Waals surface area contributed by atoms with E-state index >= 15 is 0 Å². The van der Waals surface area contributed by atoms with Gasteiger partial charge >= 0.3 is 0 Å². The topological polar surface area (TPSA) is 92.5 Å². The molecule has 0 saturated heterocycles. The number of aromatic nitrogens is 4. The highest BCUT2D eigenvalue weighted by molar-refractivity contribution is 7.89. The van der Waals surface area contributed by atoms with Crippen LogP contribution in [0.5, 0.6) is 0 Å². The summed E-state index contributed by atoms with van der Waals surface area (Å²) in [7, 11) is -0.454. The number of nitrogens with one attached hydrogen (secondary N) is 1. The molecule has 0 aliphatic carbocycles. The fourth-order valence-electron chi connectivity index (χ4n) is 2.86. The molecule has 2 heterocycles. The molecule has 0 aliphatic heterocycles. The molecule has 27 heavy (non-hydrogen) atoms. The highest BCUT2D eigenvalue weighted by atomic mass is 32.2. The molecule has 0 saturated carbocycles. The molecular weight excluding hydrogens is 364 g/mol. The smallest absolute Gasteiger partial charge is 0.242 e. The lowest BCUT2D eigenvalue weighted by Crippen LogP contribution is -2.22. The molecule has 0 bridgehead atoms. The summed E-state index contributed by atoms with van der Waals surface area (Å²) in [6, 6.07) is 14.3. The van der Waals surface area contributed by atoms with E-state index in [1.807, 2.05) is 35.6 Å². The summed E-state index contributed by atoms with van der Waals surface area (Å²) in [5, 5.41) is 11.6. The maximum absolute atomic E-state index is 12.2. The molecule has 0 spiro atoms. The van der Waals surface area contributed by atoms with Crippen LogP contribution in [-0.4, -0.2) is 46.4 Å². The van der Waals surface area contributed by atoms with Gasteiger partial charge in [0.05, 0.1) is 15.9 Å². The SMILES string of the molecule is Cc1nnc2c(Nc3ccc(S(=O)(=O)N(C)C)cc3)nc3ccccc3n12. The lowest BCUT2D eigenvalue weighted by atomic mass is 10.3. The van der Waals surface area contributed by atoms with E-state index in [4.69, 9.17) is 0 Å². The summed E-state index contributed by atoms with van der Waals surface area (Å²) in [4.78, 5) is 4.88. The van der Waals surface area contributed by atoms with E-state index < -0.39 is 10.0 Å². The van der Waals surface area contributed by atoms with Crippen LogP contribution >= 0.6 is 0 Å². The molecule has 0 atom stereocenters. The minimum absolute atomic E-state index is 0.230. The summed E-state index contributed by atoms with van der Waals surface area (Å²) in [5.74, 6) is 1.32. The minimum Gasteiger partial charge on any atom is -0.337 e. The number of benzene rings is 2. The second-order valence-electron chi connectivity index (χ2n) is 6.29. The Morgan fingerprint density at radius 1 is 1.00 bits per heavy atom. The third-order valence-corrected chi connectivity index (χ3v) is 6.12. The second-order valence-corrected chi connectivity index (χ2v) is 8.44. The third kappa shape index (κ3) is 2.90. The zero-order valence-electron chi connectivity index (χ0n) is 15.1. The fourth-order valence-corrected chi connectivity index (χ4v) is 3.77. The van der Waals surface area contributed by atoms with Gasteiger partial charge in [-0.05, 0) is 43.3 Å². The van der Waals surface area contributed by atoms with Gasteiger partial charge in [0.15, 0.2) is 5.82 Å². The average Bonchev–Trinajstić information content (AvgIpc) is 3.05. The molecular formula is C18H18N6O2S. The molecule has 4 rings (SSSR count). The summed E-state index contributed by atoms with van der Waals surface area (Å²) < 4.78 is 27.5. The Morgan fingerprint density at radius 3 is 2.41 bits per heavy atom. The molecule has 0 fully saturated rings. The molecule has 1 N–H and O–H groups in total. The van der Waals surface area contributed by atoms with Crippen LogP contribution in [-0.2, 0) is 10.0 Å². The van der Waals surface area contributed by atoms with Crippen molar-refractivity contribution in [3.05, 3.63) is 54.4 Å². The predicted octanol–water partition coefficient (Wildman–Crippen LogP) is 2.58. The maximum atomic E-state index is 12.2. The highest BCUT2D eigenvalue weighted by Crippen LogP contribution is 2.25. The maximum Gasteiger partial charge on any atom is 0.242 e. The Hall–Kier alpha value is -3.04. The molecule has 138 valence electrons. The van der Waals surface area contributed by atoms with Crippen molar-refractivity contribution in [2.75, 3.05) is 19.4 Å². The number of rotatable bonds is 4.